The molecule has 0 saturated carbocycles. The molecule has 1 aliphatic rings. The number of carbonyl (C=O) groups is 2. The number of benzene rings is 2. The zero-order valence-corrected chi connectivity index (χ0v) is 16.2. The van der Waals surface area contributed by atoms with Crippen LogP contribution in [-0.4, -0.2) is 16.8 Å². The first-order chi connectivity index (χ1) is 14.0. The van der Waals surface area contributed by atoms with Gasteiger partial charge in [-0.15, -0.1) is 0 Å². The number of aliphatic hydroxyl groups excluding tert-OH is 1. The molecule has 29 heavy (non-hydrogen) atoms. The van der Waals surface area contributed by atoms with Gasteiger partial charge in [-0.2, -0.15) is 0 Å². The summed E-state index contributed by atoms with van der Waals surface area (Å²) in [6.45, 7) is 4.20. The molecule has 4 rings (SSSR count). The fraction of sp³-hybridized carbons (Fsp3) is 0.167. The minimum atomic E-state index is -0.747. The zero-order chi connectivity index (χ0) is 20.5. The van der Waals surface area contributed by atoms with Gasteiger partial charge in [0.1, 0.15) is 0 Å². The van der Waals surface area contributed by atoms with Crippen LogP contribution in [0.25, 0.3) is 0 Å². The number of carbonyl (C=O) groups excluding carboxylic acids is 2. The Bertz CT molecular complexity index is 1060. The third-order valence-electron chi connectivity index (χ3n) is 5.15. The van der Waals surface area contributed by atoms with E-state index in [1.165, 1.54) is 17.2 Å². The molecular formula is C24H21NO4. The Morgan fingerprint density at radius 1 is 1.00 bits per heavy atom. The van der Waals surface area contributed by atoms with E-state index in [0.717, 1.165) is 11.1 Å². The van der Waals surface area contributed by atoms with E-state index in [0.29, 0.717) is 11.6 Å². The van der Waals surface area contributed by atoms with Crippen molar-refractivity contribution in [2.45, 2.75) is 25.8 Å². The molecule has 5 nitrogen and oxygen atoms in total. The quantitative estimate of drug-likeness (QED) is 0.612. The second-order valence-electron chi connectivity index (χ2n) is 7.30. The van der Waals surface area contributed by atoms with Crippen LogP contribution >= 0.6 is 0 Å². The van der Waals surface area contributed by atoms with Crippen molar-refractivity contribution in [1.29, 1.82) is 0 Å². The number of hydrogen-bond donors (Lipinski definition) is 1. The second kappa shape index (κ2) is 7.43. The molecule has 0 saturated heterocycles. The number of nitrogens with zero attached hydrogens (tertiary/aromatic N) is 1. The molecule has 2 aromatic carbocycles. The summed E-state index contributed by atoms with van der Waals surface area (Å²) in [5.74, 6) is -1.22. The maximum atomic E-state index is 13.1. The third-order valence-corrected chi connectivity index (χ3v) is 5.15. The Kier molecular flexibility index (Phi) is 4.80. The fourth-order valence-corrected chi connectivity index (χ4v) is 3.61. The molecule has 1 N–H and O–H groups in total. The first kappa shape index (κ1) is 18.7. The van der Waals surface area contributed by atoms with E-state index in [1.807, 2.05) is 42.5 Å². The SMILES string of the molecule is CC(C)c1ccc([C@H]2C(C(=O)c3ccco3)=C(O)C(=O)N2c2ccccc2)cc1. The number of anilines is 1. The van der Waals surface area contributed by atoms with Crippen LogP contribution in [0.1, 0.15) is 47.5 Å². The summed E-state index contributed by atoms with van der Waals surface area (Å²) in [7, 11) is 0. The Balaban J connectivity index is 1.86. The highest BCUT2D eigenvalue weighted by Gasteiger charge is 2.45. The van der Waals surface area contributed by atoms with Gasteiger partial charge >= 0.3 is 0 Å². The average Bonchev–Trinajstić information content (AvgIpc) is 3.36. The summed E-state index contributed by atoms with van der Waals surface area (Å²) in [5, 5.41) is 10.7. The minimum absolute atomic E-state index is 0.0195. The van der Waals surface area contributed by atoms with Crippen LogP contribution in [0.4, 0.5) is 5.69 Å². The smallest absolute Gasteiger partial charge is 0.294 e. The summed E-state index contributed by atoms with van der Waals surface area (Å²) < 4.78 is 5.24. The van der Waals surface area contributed by atoms with Crippen LogP contribution in [-0.2, 0) is 4.79 Å². The normalized spacial score (nSPS) is 16.7. The van der Waals surface area contributed by atoms with E-state index in [1.54, 1.807) is 18.2 Å². The van der Waals surface area contributed by atoms with E-state index in [9.17, 15) is 14.7 Å². The average molecular weight is 387 g/mol. The summed E-state index contributed by atoms with van der Waals surface area (Å²) in [5.41, 5.74) is 2.51. The van der Waals surface area contributed by atoms with E-state index >= 15 is 0 Å². The van der Waals surface area contributed by atoms with Gasteiger partial charge in [0.2, 0.25) is 5.78 Å². The highest BCUT2D eigenvalue weighted by atomic mass is 16.3. The molecule has 0 spiro atoms. The van der Waals surface area contributed by atoms with Crippen LogP contribution in [0.15, 0.2) is 88.7 Å². The van der Waals surface area contributed by atoms with E-state index < -0.39 is 23.5 Å². The molecule has 2 heterocycles. The minimum Gasteiger partial charge on any atom is -0.503 e. The Morgan fingerprint density at radius 3 is 2.28 bits per heavy atom. The molecular weight excluding hydrogens is 366 g/mol. The number of rotatable bonds is 5. The summed E-state index contributed by atoms with van der Waals surface area (Å²) in [6, 6.07) is 19.2. The molecule has 0 aliphatic carbocycles. The van der Waals surface area contributed by atoms with Gasteiger partial charge in [-0.3, -0.25) is 14.5 Å². The molecule has 0 unspecified atom stereocenters. The van der Waals surface area contributed by atoms with Gasteiger partial charge in [-0.1, -0.05) is 56.3 Å². The van der Waals surface area contributed by atoms with Crippen LogP contribution < -0.4 is 4.90 Å². The number of hydrogen-bond acceptors (Lipinski definition) is 4. The third kappa shape index (κ3) is 3.25. The van der Waals surface area contributed by atoms with Crippen molar-refractivity contribution in [3.8, 4) is 0 Å². The fourth-order valence-electron chi connectivity index (χ4n) is 3.61. The largest absolute Gasteiger partial charge is 0.503 e. The standard InChI is InChI=1S/C24H21NO4/c1-15(2)16-10-12-17(13-11-16)21-20(22(26)19-9-6-14-29-19)23(27)24(28)25(21)18-7-4-3-5-8-18/h3-15,21,27H,1-2H3/t21-/m0/s1. The number of furan rings is 1. The first-order valence-corrected chi connectivity index (χ1v) is 9.49. The van der Waals surface area contributed by atoms with Crippen LogP contribution in [0.2, 0.25) is 0 Å². The van der Waals surface area contributed by atoms with Gasteiger partial charge in [0.25, 0.3) is 5.91 Å². The number of amides is 1. The molecule has 0 bridgehead atoms. The molecule has 1 aromatic heterocycles. The molecule has 1 amide bonds. The predicted octanol–water partition coefficient (Wildman–Crippen LogP) is 5.19. The lowest BCUT2D eigenvalue weighted by Crippen LogP contribution is -2.31. The summed E-state index contributed by atoms with van der Waals surface area (Å²) in [4.78, 5) is 27.5. The Labute approximate surface area is 168 Å². The number of aliphatic hydroxyl groups is 1. The van der Waals surface area contributed by atoms with E-state index in [2.05, 4.69) is 13.8 Å². The maximum absolute atomic E-state index is 13.1. The summed E-state index contributed by atoms with van der Waals surface area (Å²) >= 11 is 0. The van der Waals surface area contributed by atoms with Gasteiger partial charge in [0.05, 0.1) is 17.9 Å². The van der Waals surface area contributed by atoms with Crippen LogP contribution in [0, 0.1) is 0 Å². The van der Waals surface area contributed by atoms with E-state index in [4.69, 9.17) is 4.42 Å². The molecule has 0 radical (unpaired) electrons. The van der Waals surface area contributed by atoms with Crippen LogP contribution in [0.5, 0.6) is 0 Å². The Morgan fingerprint density at radius 2 is 1.69 bits per heavy atom. The number of para-hydroxylation sites is 1. The topological polar surface area (TPSA) is 70.7 Å². The predicted molar refractivity (Wildman–Crippen MR) is 110 cm³/mol. The molecule has 146 valence electrons. The van der Waals surface area contributed by atoms with E-state index in [-0.39, 0.29) is 11.3 Å². The molecule has 5 heteroatoms. The van der Waals surface area contributed by atoms with Crippen molar-refractivity contribution in [2.75, 3.05) is 4.90 Å². The van der Waals surface area contributed by atoms with Crippen molar-refractivity contribution >= 4 is 17.4 Å². The van der Waals surface area contributed by atoms with Gasteiger partial charge in [0.15, 0.2) is 11.5 Å². The van der Waals surface area contributed by atoms with Crippen molar-refractivity contribution in [3.63, 3.8) is 0 Å². The molecule has 3 aromatic rings. The van der Waals surface area contributed by atoms with Crippen molar-refractivity contribution in [3.05, 3.63) is 101 Å². The van der Waals surface area contributed by atoms with Crippen LogP contribution in [0.3, 0.4) is 0 Å². The first-order valence-electron chi connectivity index (χ1n) is 9.49. The van der Waals surface area contributed by atoms with Gasteiger partial charge < -0.3 is 9.52 Å². The zero-order valence-electron chi connectivity index (χ0n) is 16.2. The van der Waals surface area contributed by atoms with Crippen molar-refractivity contribution < 1.29 is 19.1 Å². The number of ketones is 1. The highest BCUT2D eigenvalue weighted by molar-refractivity contribution is 6.20. The molecule has 0 fully saturated rings. The maximum Gasteiger partial charge on any atom is 0.294 e. The second-order valence-corrected chi connectivity index (χ2v) is 7.30. The lowest BCUT2D eigenvalue weighted by molar-refractivity contribution is -0.117. The Hall–Kier alpha value is -3.60. The summed E-state index contributed by atoms with van der Waals surface area (Å²) in [6.07, 6.45) is 1.39. The lowest BCUT2D eigenvalue weighted by Gasteiger charge is -2.27. The molecule has 1 aliphatic heterocycles. The highest BCUT2D eigenvalue weighted by Crippen LogP contribution is 2.42. The number of Topliss-reactive ketones (excluding diaryl/α,β-unsaturated/α-hetero) is 1. The van der Waals surface area contributed by atoms with Crippen molar-refractivity contribution in [1.82, 2.24) is 0 Å². The lowest BCUT2D eigenvalue weighted by atomic mass is 9.92. The van der Waals surface area contributed by atoms with Gasteiger partial charge in [-0.25, -0.2) is 0 Å². The monoisotopic (exact) mass is 387 g/mol. The van der Waals surface area contributed by atoms with Crippen molar-refractivity contribution in [2.24, 2.45) is 0 Å². The van der Waals surface area contributed by atoms with Gasteiger partial charge in [-0.05, 0) is 41.3 Å². The molecule has 1 atom stereocenters. The van der Waals surface area contributed by atoms with Gasteiger partial charge in [0, 0.05) is 5.69 Å².